The molecule has 11 aromatic rings. The fourth-order valence-electron chi connectivity index (χ4n) is 9.00. The molecule has 66 heavy (non-hydrogen) atoms. The van der Waals surface area contributed by atoms with Crippen molar-refractivity contribution in [1.82, 2.24) is 8.75 Å². The second-order valence-electron chi connectivity index (χ2n) is 16.1. The molecule has 4 heteroatoms. The van der Waals surface area contributed by atoms with Crippen LogP contribution in [0.4, 0.5) is 0 Å². The first-order valence-electron chi connectivity index (χ1n) is 22.1. The van der Waals surface area contributed by atoms with Gasteiger partial charge >= 0.3 is 0 Å². The molecule has 11 rings (SSSR count). The second kappa shape index (κ2) is 18.6. The van der Waals surface area contributed by atoms with E-state index in [1.165, 1.54) is 88.3 Å². The van der Waals surface area contributed by atoms with Gasteiger partial charge in [-0.05, 0) is 90.1 Å². The monoisotopic (exact) mass is 878 g/mol. The number of fused-ring (bicyclic) bond motifs is 1. The maximum absolute atomic E-state index is 4.89. The van der Waals surface area contributed by atoms with Crippen molar-refractivity contribution >= 4 is 56.4 Å². The van der Waals surface area contributed by atoms with Crippen LogP contribution in [0.2, 0.25) is 0 Å². The van der Waals surface area contributed by atoms with Crippen molar-refractivity contribution < 1.29 is 0 Å². The topological polar surface area (TPSA) is 25.8 Å². The summed E-state index contributed by atoms with van der Waals surface area (Å²) in [6.45, 7) is 0. The van der Waals surface area contributed by atoms with E-state index in [2.05, 4.69) is 255 Å². The first-order valence-corrected chi connectivity index (χ1v) is 23.7. The number of benzene rings is 9. The number of hydrogen-bond acceptors (Lipinski definition) is 4. The highest BCUT2D eigenvalue weighted by molar-refractivity contribution is 7.19. The summed E-state index contributed by atoms with van der Waals surface area (Å²) >= 11 is 3.06. The van der Waals surface area contributed by atoms with Gasteiger partial charge < -0.3 is 0 Å². The third-order valence-corrected chi connectivity index (χ3v) is 13.8. The van der Waals surface area contributed by atoms with Crippen LogP contribution in [0.5, 0.6) is 0 Å². The van der Waals surface area contributed by atoms with Gasteiger partial charge in [-0.2, -0.15) is 8.75 Å². The number of aromatic nitrogens is 2. The average molecular weight is 879 g/mol. The summed E-state index contributed by atoms with van der Waals surface area (Å²) in [7, 11) is 0. The molecule has 0 amide bonds. The molecule has 0 aliphatic rings. The van der Waals surface area contributed by atoms with E-state index in [1.807, 2.05) is 0 Å². The van der Waals surface area contributed by atoms with Gasteiger partial charge in [0.25, 0.3) is 0 Å². The lowest BCUT2D eigenvalue weighted by Crippen LogP contribution is -1.97. The number of hydrogen-bond donors (Lipinski definition) is 0. The molecule has 0 aliphatic heterocycles. The highest BCUT2D eigenvalue weighted by Crippen LogP contribution is 2.43. The number of rotatable bonds is 11. The van der Waals surface area contributed by atoms with E-state index in [0.29, 0.717) is 0 Å². The zero-order chi connectivity index (χ0) is 44.1. The summed E-state index contributed by atoms with van der Waals surface area (Å²) < 4.78 is 9.78. The van der Waals surface area contributed by atoms with Gasteiger partial charge in [0.15, 0.2) is 0 Å². The Morgan fingerprint density at radius 3 is 0.894 bits per heavy atom. The Morgan fingerprint density at radius 1 is 0.242 bits per heavy atom. The van der Waals surface area contributed by atoms with Gasteiger partial charge in [-0.25, -0.2) is 0 Å². The lowest BCUT2D eigenvalue weighted by molar-refractivity contribution is 1.50. The Kier molecular flexibility index (Phi) is 11.5. The predicted octanol–water partition coefficient (Wildman–Crippen LogP) is 16.8. The van der Waals surface area contributed by atoms with Gasteiger partial charge in [0.05, 0.1) is 11.7 Å². The summed E-state index contributed by atoms with van der Waals surface area (Å²) in [5.41, 5.74) is 20.5. The molecule has 0 N–H and O–H groups in total. The molecule has 0 saturated carbocycles. The van der Waals surface area contributed by atoms with E-state index >= 15 is 0 Å². The molecule has 0 radical (unpaired) electrons. The minimum absolute atomic E-state index is 0.922. The van der Waals surface area contributed by atoms with E-state index in [9.17, 15) is 0 Å². The van der Waals surface area contributed by atoms with E-state index in [0.717, 1.165) is 33.3 Å². The Morgan fingerprint density at radius 2 is 0.530 bits per heavy atom. The minimum atomic E-state index is 0.922. The molecule has 2 heterocycles. The lowest BCUT2D eigenvalue weighted by atomic mass is 9.85. The first kappa shape index (κ1) is 40.7. The summed E-state index contributed by atoms with van der Waals surface area (Å²) in [4.78, 5) is 2.37. The Bertz CT molecular complexity index is 3360. The van der Waals surface area contributed by atoms with Gasteiger partial charge in [-0.3, -0.25) is 0 Å². The lowest BCUT2D eigenvalue weighted by Gasteiger charge is -2.18. The van der Waals surface area contributed by atoms with E-state index in [1.54, 1.807) is 11.3 Å². The third-order valence-electron chi connectivity index (χ3n) is 12.1. The zero-order valence-corrected chi connectivity index (χ0v) is 37.6. The maximum Gasteiger partial charge on any atom is 0.114 e. The normalized spacial score (nSPS) is 11.0. The van der Waals surface area contributed by atoms with Crippen LogP contribution in [0, 0.1) is 0 Å². The first-order chi connectivity index (χ1) is 32.8. The van der Waals surface area contributed by atoms with Crippen LogP contribution in [0.25, 0.3) is 65.3 Å². The van der Waals surface area contributed by atoms with E-state index in [4.69, 9.17) is 8.75 Å². The van der Waals surface area contributed by atoms with Crippen molar-refractivity contribution in [3.8, 4) is 32.0 Å². The summed E-state index contributed by atoms with van der Waals surface area (Å²) in [5, 5.41) is 0. The van der Waals surface area contributed by atoms with Gasteiger partial charge in [0.2, 0.25) is 0 Å². The Balaban J connectivity index is 0.932. The molecule has 2 nitrogen and oxygen atoms in total. The summed E-state index contributed by atoms with van der Waals surface area (Å²) in [5.74, 6) is 0. The molecule has 0 spiro atoms. The molecule has 9 aromatic carbocycles. The van der Waals surface area contributed by atoms with Gasteiger partial charge in [0, 0.05) is 20.9 Å². The van der Waals surface area contributed by atoms with Crippen molar-refractivity contribution in [3.05, 3.63) is 299 Å². The van der Waals surface area contributed by atoms with Gasteiger partial charge in [-0.1, -0.05) is 243 Å². The molecule has 0 unspecified atom stereocenters. The molecular formula is C62H42N2S2. The van der Waals surface area contributed by atoms with Crippen molar-refractivity contribution in [2.75, 3.05) is 0 Å². The Labute approximate surface area is 394 Å². The van der Waals surface area contributed by atoms with Crippen molar-refractivity contribution in [1.29, 1.82) is 0 Å². The van der Waals surface area contributed by atoms with Crippen LogP contribution in [0.15, 0.2) is 255 Å². The number of nitrogens with zero attached hydrogens (tertiary/aromatic N) is 2. The minimum Gasteiger partial charge on any atom is -0.172 e. The molecule has 0 bridgehead atoms. The standard InChI is InChI=1S/C62H42N2S2/c1-7-19-45(20-8-1)57(46-21-9-2-10-22-46)59(49-27-15-5-16-28-49)51-35-31-43(32-36-51)53-39-40-54(62-61(53)63-66-64-62)56-42-41-55(65-56)44-33-37-52(38-34-44)60(50-29-17-6-18-30-50)58(47-23-11-3-12-24-47)48-25-13-4-14-26-48/h1-42H. The molecule has 0 atom stereocenters. The Hall–Kier alpha value is -8.02. The highest BCUT2D eigenvalue weighted by atomic mass is 32.1. The van der Waals surface area contributed by atoms with Crippen LogP contribution in [0.1, 0.15) is 44.5 Å². The molecule has 0 fully saturated rings. The van der Waals surface area contributed by atoms with Gasteiger partial charge in [0.1, 0.15) is 11.0 Å². The molecule has 0 aliphatic carbocycles. The average Bonchev–Trinajstić information content (AvgIpc) is 4.11. The molecule has 2 aromatic heterocycles. The van der Waals surface area contributed by atoms with Crippen molar-refractivity contribution in [2.24, 2.45) is 0 Å². The molecule has 312 valence electrons. The van der Waals surface area contributed by atoms with Gasteiger partial charge in [-0.15, -0.1) is 11.3 Å². The predicted molar refractivity (Wildman–Crippen MR) is 280 cm³/mol. The zero-order valence-electron chi connectivity index (χ0n) is 36.0. The van der Waals surface area contributed by atoms with Crippen LogP contribution in [0.3, 0.4) is 0 Å². The fourth-order valence-corrected chi connectivity index (χ4v) is 10.6. The maximum atomic E-state index is 4.89. The smallest absolute Gasteiger partial charge is 0.114 e. The van der Waals surface area contributed by atoms with E-state index < -0.39 is 0 Å². The van der Waals surface area contributed by atoms with Crippen molar-refractivity contribution in [3.63, 3.8) is 0 Å². The molecule has 0 saturated heterocycles. The van der Waals surface area contributed by atoms with Crippen LogP contribution >= 0.6 is 23.1 Å². The summed E-state index contributed by atoms with van der Waals surface area (Å²) in [6, 6.07) is 91.3. The number of thiophene rings is 1. The second-order valence-corrected chi connectivity index (χ2v) is 17.7. The third kappa shape index (κ3) is 8.16. The quantitative estimate of drug-likeness (QED) is 0.121. The van der Waals surface area contributed by atoms with E-state index in [-0.39, 0.29) is 0 Å². The summed E-state index contributed by atoms with van der Waals surface area (Å²) in [6.07, 6.45) is 0. The van der Waals surface area contributed by atoms with Crippen molar-refractivity contribution in [2.45, 2.75) is 0 Å². The fraction of sp³-hybridized carbons (Fsp3) is 0. The van der Waals surface area contributed by atoms with Crippen LogP contribution < -0.4 is 0 Å². The van der Waals surface area contributed by atoms with Crippen LogP contribution in [-0.2, 0) is 0 Å². The largest absolute Gasteiger partial charge is 0.172 e. The van der Waals surface area contributed by atoms with Crippen LogP contribution in [-0.4, -0.2) is 8.75 Å². The molecular weight excluding hydrogens is 837 g/mol. The SMILES string of the molecule is c1ccc(C(=C(c2ccccc2)c2ccc(-c3ccc(-c4ccc(-c5ccc(C(=C(c6ccccc6)c6ccccc6)c6ccccc6)cc5)c5nsnc45)s3)cc2)c2ccccc2)cc1. The highest BCUT2D eigenvalue weighted by Gasteiger charge is 2.20.